The summed E-state index contributed by atoms with van der Waals surface area (Å²) in [6.07, 6.45) is -0.789. The van der Waals surface area contributed by atoms with Gasteiger partial charge in [-0.25, -0.2) is 14.4 Å². The van der Waals surface area contributed by atoms with Gasteiger partial charge in [-0.2, -0.15) is 0 Å². The van der Waals surface area contributed by atoms with Crippen LogP contribution < -0.4 is 10.1 Å². The Labute approximate surface area is 205 Å². The molecule has 0 bridgehead atoms. The maximum Gasteiger partial charge on any atom is 0.408 e. The SMILES string of the molecule is C=C(O[C@@H]1C=C(C(=O)OC)[C@@H](OCc2ccc(OC)cc2)C[C@H]1NC(=O)OC(C)(C)C)C(=O)OC. The Morgan fingerprint density at radius 1 is 1.06 bits per heavy atom. The molecule has 1 N–H and O–H groups in total. The van der Waals surface area contributed by atoms with Gasteiger partial charge >= 0.3 is 18.0 Å². The lowest BCUT2D eigenvalue weighted by Gasteiger charge is -2.35. The van der Waals surface area contributed by atoms with Gasteiger partial charge in [-0.15, -0.1) is 0 Å². The molecule has 0 aliphatic heterocycles. The molecule has 1 aliphatic carbocycles. The molecule has 1 aromatic carbocycles. The van der Waals surface area contributed by atoms with Crippen molar-refractivity contribution in [3.05, 3.63) is 53.8 Å². The van der Waals surface area contributed by atoms with E-state index in [1.807, 2.05) is 12.1 Å². The molecule has 1 amide bonds. The minimum atomic E-state index is -0.941. The van der Waals surface area contributed by atoms with Gasteiger partial charge in [0.2, 0.25) is 0 Å². The van der Waals surface area contributed by atoms with Gasteiger partial charge in [-0.1, -0.05) is 12.1 Å². The highest BCUT2D eigenvalue weighted by Gasteiger charge is 2.38. The van der Waals surface area contributed by atoms with E-state index >= 15 is 0 Å². The molecule has 0 aromatic heterocycles. The summed E-state index contributed by atoms with van der Waals surface area (Å²) in [6, 6.07) is 6.55. The van der Waals surface area contributed by atoms with Crippen molar-refractivity contribution >= 4 is 18.0 Å². The number of alkyl carbamates (subject to hydrolysis) is 1. The van der Waals surface area contributed by atoms with Crippen LogP contribution in [-0.4, -0.2) is 63.2 Å². The summed E-state index contributed by atoms with van der Waals surface area (Å²) in [5.74, 6) is -0.995. The molecule has 192 valence electrons. The third kappa shape index (κ3) is 8.32. The zero-order valence-electron chi connectivity index (χ0n) is 20.9. The summed E-state index contributed by atoms with van der Waals surface area (Å²) in [6.45, 7) is 8.95. The number of nitrogens with one attached hydrogen (secondary N) is 1. The molecule has 10 heteroatoms. The molecule has 1 aliphatic rings. The second-order valence-electron chi connectivity index (χ2n) is 8.75. The third-order valence-corrected chi connectivity index (χ3v) is 4.98. The topological polar surface area (TPSA) is 119 Å². The first-order valence-electron chi connectivity index (χ1n) is 10.9. The molecule has 2 rings (SSSR count). The summed E-state index contributed by atoms with van der Waals surface area (Å²) in [5.41, 5.74) is 0.303. The van der Waals surface area contributed by atoms with Crippen LogP contribution >= 0.6 is 0 Å². The van der Waals surface area contributed by atoms with Gasteiger partial charge in [-0.3, -0.25) is 0 Å². The molecule has 0 saturated heterocycles. The van der Waals surface area contributed by atoms with E-state index in [1.165, 1.54) is 20.3 Å². The van der Waals surface area contributed by atoms with Crippen molar-refractivity contribution in [1.29, 1.82) is 0 Å². The highest BCUT2D eigenvalue weighted by atomic mass is 16.6. The maximum absolute atomic E-state index is 12.5. The quantitative estimate of drug-likeness (QED) is 0.241. The van der Waals surface area contributed by atoms with Crippen LogP contribution in [0.5, 0.6) is 5.75 Å². The van der Waals surface area contributed by atoms with Crippen LogP contribution in [0.4, 0.5) is 4.79 Å². The van der Waals surface area contributed by atoms with Crippen molar-refractivity contribution in [1.82, 2.24) is 5.32 Å². The van der Waals surface area contributed by atoms with Crippen molar-refractivity contribution in [3.63, 3.8) is 0 Å². The van der Waals surface area contributed by atoms with E-state index in [0.717, 1.165) is 5.56 Å². The number of esters is 2. The van der Waals surface area contributed by atoms with Crippen molar-refractivity contribution in [2.24, 2.45) is 0 Å². The first kappa shape index (κ1) is 27.7. The van der Waals surface area contributed by atoms with Crippen molar-refractivity contribution < 1.29 is 42.8 Å². The van der Waals surface area contributed by atoms with Crippen LogP contribution in [0.15, 0.2) is 48.3 Å². The molecule has 10 nitrogen and oxygen atoms in total. The van der Waals surface area contributed by atoms with E-state index in [2.05, 4.69) is 16.6 Å². The lowest BCUT2D eigenvalue weighted by Crippen LogP contribution is -2.51. The zero-order chi connectivity index (χ0) is 26.2. The van der Waals surface area contributed by atoms with Gasteiger partial charge in [0.25, 0.3) is 0 Å². The third-order valence-electron chi connectivity index (χ3n) is 4.98. The minimum Gasteiger partial charge on any atom is -0.497 e. The molecule has 0 radical (unpaired) electrons. The van der Waals surface area contributed by atoms with Crippen molar-refractivity contribution in [3.8, 4) is 5.75 Å². The Morgan fingerprint density at radius 2 is 1.71 bits per heavy atom. The van der Waals surface area contributed by atoms with Crippen LogP contribution in [0.2, 0.25) is 0 Å². The van der Waals surface area contributed by atoms with Crippen LogP contribution in [0.25, 0.3) is 0 Å². The van der Waals surface area contributed by atoms with E-state index in [9.17, 15) is 14.4 Å². The van der Waals surface area contributed by atoms with Crippen molar-refractivity contribution in [2.75, 3.05) is 21.3 Å². The number of carbonyl (C=O) groups is 3. The van der Waals surface area contributed by atoms with Gasteiger partial charge < -0.3 is 33.7 Å². The van der Waals surface area contributed by atoms with E-state index < -0.39 is 41.9 Å². The fraction of sp³-hybridized carbons (Fsp3) is 0.480. The summed E-state index contributed by atoms with van der Waals surface area (Å²) in [5, 5.41) is 2.74. The fourth-order valence-corrected chi connectivity index (χ4v) is 3.33. The van der Waals surface area contributed by atoms with E-state index in [4.69, 9.17) is 23.7 Å². The minimum absolute atomic E-state index is 0.134. The predicted molar refractivity (Wildman–Crippen MR) is 125 cm³/mol. The molecule has 0 spiro atoms. The molecule has 35 heavy (non-hydrogen) atoms. The van der Waals surface area contributed by atoms with Gasteiger partial charge in [0.15, 0.2) is 5.76 Å². The molecule has 0 unspecified atom stereocenters. The second kappa shape index (κ2) is 12.3. The van der Waals surface area contributed by atoms with E-state index in [0.29, 0.717) is 5.75 Å². The Kier molecular flexibility index (Phi) is 9.70. The number of ether oxygens (including phenoxy) is 6. The molecule has 0 heterocycles. The van der Waals surface area contributed by atoms with Crippen LogP contribution in [0.3, 0.4) is 0 Å². The van der Waals surface area contributed by atoms with Gasteiger partial charge in [0.05, 0.1) is 45.7 Å². The van der Waals surface area contributed by atoms with Crippen LogP contribution in [-0.2, 0) is 39.9 Å². The molecule has 3 atom stereocenters. The lowest BCUT2D eigenvalue weighted by atomic mass is 9.89. The predicted octanol–water partition coefficient (Wildman–Crippen LogP) is 3.05. The number of benzene rings is 1. The van der Waals surface area contributed by atoms with Gasteiger partial charge in [-0.05, 0) is 51.1 Å². The normalized spacial score (nSPS) is 19.6. The number of hydrogen-bond acceptors (Lipinski definition) is 9. The number of rotatable bonds is 9. The average Bonchev–Trinajstić information content (AvgIpc) is 2.81. The smallest absolute Gasteiger partial charge is 0.408 e. The Bertz CT molecular complexity index is 947. The highest BCUT2D eigenvalue weighted by molar-refractivity contribution is 5.90. The lowest BCUT2D eigenvalue weighted by molar-refractivity contribution is -0.141. The monoisotopic (exact) mass is 491 g/mol. The molecule has 1 aromatic rings. The first-order chi connectivity index (χ1) is 16.5. The Morgan fingerprint density at radius 3 is 2.26 bits per heavy atom. The number of carbonyl (C=O) groups excluding carboxylic acids is 3. The number of methoxy groups -OCH3 is 3. The van der Waals surface area contributed by atoms with Gasteiger partial charge in [0, 0.05) is 6.42 Å². The number of amides is 1. The summed E-state index contributed by atoms with van der Waals surface area (Å²) in [4.78, 5) is 36.9. The summed E-state index contributed by atoms with van der Waals surface area (Å²) >= 11 is 0. The van der Waals surface area contributed by atoms with Crippen molar-refractivity contribution in [2.45, 2.75) is 57.6 Å². The van der Waals surface area contributed by atoms with E-state index in [1.54, 1.807) is 40.0 Å². The summed E-state index contributed by atoms with van der Waals surface area (Å²) < 4.78 is 31.8. The molecular weight excluding hydrogens is 458 g/mol. The Hall–Kier alpha value is -3.53. The second-order valence-corrected chi connectivity index (χ2v) is 8.75. The largest absolute Gasteiger partial charge is 0.497 e. The summed E-state index contributed by atoms with van der Waals surface area (Å²) in [7, 11) is 4.01. The zero-order valence-corrected chi connectivity index (χ0v) is 20.9. The fourth-order valence-electron chi connectivity index (χ4n) is 3.33. The maximum atomic E-state index is 12.5. The molecular formula is C25H33NO9. The first-order valence-corrected chi connectivity index (χ1v) is 10.9. The van der Waals surface area contributed by atoms with Crippen LogP contribution in [0.1, 0.15) is 32.8 Å². The standard InChI is InChI=1S/C25H33NO9/c1-15(22(27)31-6)34-21-12-18(23(28)32-7)20(13-19(21)26-24(29)35-25(2,3)4)33-14-16-8-10-17(30-5)11-9-16/h8-12,19-21H,1,13-14H2,2-7H3,(H,26,29)/t19-,20+,21-/m1/s1. The number of hydrogen-bond donors (Lipinski definition) is 1. The van der Waals surface area contributed by atoms with E-state index in [-0.39, 0.29) is 24.4 Å². The highest BCUT2D eigenvalue weighted by Crippen LogP contribution is 2.28. The Balaban J connectivity index is 2.30. The van der Waals surface area contributed by atoms with Gasteiger partial charge in [0.1, 0.15) is 17.5 Å². The molecule has 0 saturated carbocycles. The average molecular weight is 492 g/mol. The van der Waals surface area contributed by atoms with Crippen LogP contribution in [0, 0.1) is 0 Å². The molecule has 0 fully saturated rings.